The third kappa shape index (κ3) is 4.35. The fraction of sp³-hybridized carbons (Fsp3) is 0.368. The molecular weight excluding hydrogens is 348 g/mol. The minimum Gasteiger partial charge on any atom is -0.356 e. The number of carbonyl (C=O) groups is 1. The summed E-state index contributed by atoms with van der Waals surface area (Å²) in [7, 11) is 0. The van der Waals surface area contributed by atoms with Crippen molar-refractivity contribution in [3.63, 3.8) is 0 Å². The van der Waals surface area contributed by atoms with Gasteiger partial charge in [-0.1, -0.05) is 12.1 Å². The van der Waals surface area contributed by atoms with E-state index >= 15 is 0 Å². The van der Waals surface area contributed by atoms with Crippen LogP contribution in [0.1, 0.15) is 29.1 Å². The van der Waals surface area contributed by atoms with Gasteiger partial charge in [-0.25, -0.2) is 9.97 Å². The Hall–Kier alpha value is -2.54. The molecule has 2 heterocycles. The average molecular weight is 370 g/mol. The minimum atomic E-state index is -0.0574. The van der Waals surface area contributed by atoms with E-state index in [2.05, 4.69) is 15.3 Å². The Bertz CT molecular complexity index is 977. The molecule has 1 N–H and O–H groups in total. The molecule has 136 valence electrons. The zero-order chi connectivity index (χ0) is 18.5. The quantitative estimate of drug-likeness (QED) is 0.693. The van der Waals surface area contributed by atoms with Crippen molar-refractivity contribution in [3.8, 4) is 0 Å². The third-order valence-corrected chi connectivity index (χ3v) is 5.05. The SMILES string of the molecule is Cc1nc(CCNC(=O)CCCn2cnc3c(C)cccc3c2=O)cs1. The molecule has 1 amide bonds. The highest BCUT2D eigenvalue weighted by Gasteiger charge is 2.07. The van der Waals surface area contributed by atoms with Crippen LogP contribution in [0.3, 0.4) is 0 Å². The molecule has 2 aromatic heterocycles. The van der Waals surface area contributed by atoms with Crippen molar-refractivity contribution in [1.29, 1.82) is 0 Å². The zero-order valence-electron chi connectivity index (χ0n) is 15.0. The second-order valence-electron chi connectivity index (χ2n) is 6.28. The van der Waals surface area contributed by atoms with E-state index < -0.39 is 0 Å². The molecule has 0 bridgehead atoms. The number of hydrogen-bond donors (Lipinski definition) is 1. The number of nitrogens with zero attached hydrogens (tertiary/aromatic N) is 3. The van der Waals surface area contributed by atoms with E-state index in [1.807, 2.05) is 31.4 Å². The molecule has 0 spiro atoms. The van der Waals surface area contributed by atoms with Gasteiger partial charge in [-0.05, 0) is 31.9 Å². The summed E-state index contributed by atoms with van der Waals surface area (Å²) in [4.78, 5) is 33.2. The van der Waals surface area contributed by atoms with Crippen molar-refractivity contribution in [2.24, 2.45) is 0 Å². The van der Waals surface area contributed by atoms with E-state index in [4.69, 9.17) is 0 Å². The van der Waals surface area contributed by atoms with Gasteiger partial charge in [0.15, 0.2) is 0 Å². The molecule has 0 fully saturated rings. The fourth-order valence-electron chi connectivity index (χ4n) is 2.85. The average Bonchev–Trinajstić information content (AvgIpc) is 3.03. The topological polar surface area (TPSA) is 76.9 Å². The molecule has 0 saturated heterocycles. The predicted octanol–water partition coefficient (Wildman–Crippen LogP) is 2.61. The summed E-state index contributed by atoms with van der Waals surface area (Å²) < 4.78 is 1.58. The van der Waals surface area contributed by atoms with Crippen molar-refractivity contribution in [2.45, 2.75) is 39.7 Å². The van der Waals surface area contributed by atoms with Crippen LogP contribution in [-0.4, -0.2) is 27.0 Å². The Morgan fingerprint density at radius 1 is 1.31 bits per heavy atom. The van der Waals surface area contributed by atoms with Crippen molar-refractivity contribution in [1.82, 2.24) is 19.9 Å². The van der Waals surface area contributed by atoms with Gasteiger partial charge in [0.05, 0.1) is 27.9 Å². The number of hydrogen-bond acceptors (Lipinski definition) is 5. The van der Waals surface area contributed by atoms with Crippen LogP contribution < -0.4 is 10.9 Å². The molecule has 1 aromatic carbocycles. The second kappa shape index (κ2) is 8.23. The van der Waals surface area contributed by atoms with E-state index in [-0.39, 0.29) is 11.5 Å². The van der Waals surface area contributed by atoms with Gasteiger partial charge in [0.1, 0.15) is 0 Å². The van der Waals surface area contributed by atoms with Gasteiger partial charge in [0.25, 0.3) is 5.56 Å². The van der Waals surface area contributed by atoms with Crippen LogP contribution in [0.5, 0.6) is 0 Å². The molecule has 3 aromatic rings. The number of nitrogens with one attached hydrogen (secondary N) is 1. The van der Waals surface area contributed by atoms with Crippen molar-refractivity contribution >= 4 is 28.1 Å². The standard InChI is InChI=1S/C19H22N4O2S/c1-13-5-3-6-16-18(13)21-12-23(19(16)25)10-4-7-17(24)20-9-8-15-11-26-14(2)22-15/h3,5-6,11-12H,4,7-10H2,1-2H3,(H,20,24). The van der Waals surface area contributed by atoms with Gasteiger partial charge in [-0.3, -0.25) is 14.2 Å². The van der Waals surface area contributed by atoms with E-state index in [9.17, 15) is 9.59 Å². The maximum Gasteiger partial charge on any atom is 0.261 e. The number of aryl methyl sites for hydroxylation is 3. The lowest BCUT2D eigenvalue weighted by atomic mass is 10.1. The Labute approximate surface area is 155 Å². The first-order valence-electron chi connectivity index (χ1n) is 8.67. The summed E-state index contributed by atoms with van der Waals surface area (Å²) in [6.07, 6.45) is 3.29. The third-order valence-electron chi connectivity index (χ3n) is 4.23. The van der Waals surface area contributed by atoms with Crippen LogP contribution in [0.2, 0.25) is 0 Å². The molecule has 7 heteroatoms. The molecule has 0 aliphatic heterocycles. The van der Waals surface area contributed by atoms with Crippen molar-refractivity contribution < 1.29 is 4.79 Å². The molecule has 26 heavy (non-hydrogen) atoms. The summed E-state index contributed by atoms with van der Waals surface area (Å²) in [5.41, 5.74) is 2.68. The van der Waals surface area contributed by atoms with Crippen LogP contribution in [0.25, 0.3) is 10.9 Å². The van der Waals surface area contributed by atoms with Gasteiger partial charge in [-0.2, -0.15) is 0 Å². The molecule has 0 aliphatic rings. The van der Waals surface area contributed by atoms with E-state index in [1.165, 1.54) is 0 Å². The number of rotatable bonds is 7. The van der Waals surface area contributed by atoms with Crippen LogP contribution >= 0.6 is 11.3 Å². The number of benzene rings is 1. The Morgan fingerprint density at radius 2 is 2.15 bits per heavy atom. The highest BCUT2D eigenvalue weighted by molar-refractivity contribution is 7.09. The fourth-order valence-corrected chi connectivity index (χ4v) is 3.50. The monoisotopic (exact) mass is 370 g/mol. The lowest BCUT2D eigenvalue weighted by molar-refractivity contribution is -0.121. The zero-order valence-corrected chi connectivity index (χ0v) is 15.8. The van der Waals surface area contributed by atoms with Gasteiger partial charge < -0.3 is 5.32 Å². The first kappa shape index (κ1) is 18.3. The van der Waals surface area contributed by atoms with Gasteiger partial charge in [0.2, 0.25) is 5.91 Å². The Balaban J connectivity index is 1.48. The molecule has 0 saturated carbocycles. The number of fused-ring (bicyclic) bond motifs is 1. The molecule has 0 unspecified atom stereocenters. The summed E-state index contributed by atoms with van der Waals surface area (Å²) in [5.74, 6) is -0.00501. The molecule has 0 aliphatic carbocycles. The first-order chi connectivity index (χ1) is 12.5. The van der Waals surface area contributed by atoms with Crippen molar-refractivity contribution in [2.75, 3.05) is 6.54 Å². The van der Waals surface area contributed by atoms with Crippen LogP contribution in [0, 0.1) is 13.8 Å². The molecule has 3 rings (SSSR count). The Kier molecular flexibility index (Phi) is 5.78. The number of para-hydroxylation sites is 1. The minimum absolute atomic E-state index is 0.00501. The summed E-state index contributed by atoms with van der Waals surface area (Å²) in [6, 6.07) is 5.60. The Morgan fingerprint density at radius 3 is 2.92 bits per heavy atom. The van der Waals surface area contributed by atoms with Crippen LogP contribution in [0.4, 0.5) is 0 Å². The van der Waals surface area contributed by atoms with E-state index in [1.54, 1.807) is 28.3 Å². The highest BCUT2D eigenvalue weighted by atomic mass is 32.1. The predicted molar refractivity (Wildman–Crippen MR) is 104 cm³/mol. The normalized spacial score (nSPS) is 11.0. The van der Waals surface area contributed by atoms with Crippen LogP contribution in [0.15, 0.2) is 34.7 Å². The molecule has 6 nitrogen and oxygen atoms in total. The highest BCUT2D eigenvalue weighted by Crippen LogP contribution is 2.11. The summed E-state index contributed by atoms with van der Waals surface area (Å²) >= 11 is 1.62. The number of thiazole rings is 1. The lowest BCUT2D eigenvalue weighted by Crippen LogP contribution is -2.26. The number of aromatic nitrogens is 3. The lowest BCUT2D eigenvalue weighted by Gasteiger charge is -2.08. The maximum absolute atomic E-state index is 12.5. The van der Waals surface area contributed by atoms with E-state index in [0.29, 0.717) is 31.3 Å². The second-order valence-corrected chi connectivity index (χ2v) is 7.34. The van der Waals surface area contributed by atoms with E-state index in [0.717, 1.165) is 28.2 Å². The maximum atomic E-state index is 12.5. The van der Waals surface area contributed by atoms with Crippen LogP contribution in [-0.2, 0) is 17.8 Å². The largest absolute Gasteiger partial charge is 0.356 e. The molecular formula is C19H22N4O2S. The number of carbonyl (C=O) groups excluding carboxylic acids is 1. The van der Waals surface area contributed by atoms with Crippen molar-refractivity contribution in [3.05, 3.63) is 56.5 Å². The summed E-state index contributed by atoms with van der Waals surface area (Å²) in [5, 5.41) is 6.58. The molecule has 0 radical (unpaired) electrons. The smallest absolute Gasteiger partial charge is 0.261 e. The summed E-state index contributed by atoms with van der Waals surface area (Å²) in [6.45, 7) is 4.97. The van der Waals surface area contributed by atoms with Gasteiger partial charge >= 0.3 is 0 Å². The molecule has 0 atom stereocenters. The van der Waals surface area contributed by atoms with Gasteiger partial charge in [0, 0.05) is 31.3 Å². The number of amides is 1. The van der Waals surface area contributed by atoms with Gasteiger partial charge in [-0.15, -0.1) is 11.3 Å². The first-order valence-corrected chi connectivity index (χ1v) is 9.55.